The highest BCUT2D eigenvalue weighted by molar-refractivity contribution is 5.95. The molecule has 35 heavy (non-hydrogen) atoms. The minimum absolute atomic E-state index is 0.155. The zero-order valence-corrected chi connectivity index (χ0v) is 20.0. The van der Waals surface area contributed by atoms with E-state index in [0.717, 1.165) is 24.0 Å². The molecule has 0 fully saturated rings. The van der Waals surface area contributed by atoms with Gasteiger partial charge in [0.1, 0.15) is 0 Å². The number of aliphatic carboxylic acids is 1. The molecule has 0 radical (unpaired) electrons. The van der Waals surface area contributed by atoms with Crippen LogP contribution in [0.2, 0.25) is 0 Å². The molecule has 0 aliphatic rings. The normalized spacial score (nSPS) is 10.7. The second-order valence-corrected chi connectivity index (χ2v) is 7.88. The number of ether oxygens (including phenoxy) is 2. The number of nitrogens with two attached hydrogens (primary N) is 1. The summed E-state index contributed by atoms with van der Waals surface area (Å²) in [6, 6.07) is 14.5. The van der Waals surface area contributed by atoms with Gasteiger partial charge in [-0.3, -0.25) is 14.4 Å². The Morgan fingerprint density at radius 3 is 1.71 bits per heavy atom. The highest BCUT2D eigenvalue weighted by Crippen LogP contribution is 2.20. The van der Waals surface area contributed by atoms with E-state index in [0.29, 0.717) is 63.6 Å². The summed E-state index contributed by atoms with van der Waals surface area (Å²) in [6.45, 7) is 3.25. The van der Waals surface area contributed by atoms with Crippen molar-refractivity contribution in [2.24, 2.45) is 5.73 Å². The number of hydrogen-bond acceptors (Lipinski definition) is 6. The molecule has 2 aromatic rings. The summed E-state index contributed by atoms with van der Waals surface area (Å²) in [4.78, 5) is 35.0. The van der Waals surface area contributed by atoms with E-state index in [1.165, 1.54) is 0 Å². The van der Waals surface area contributed by atoms with Crippen molar-refractivity contribution in [1.82, 2.24) is 10.6 Å². The number of unbranched alkanes of at least 4 members (excludes halogenated alkanes) is 2. The van der Waals surface area contributed by atoms with Crippen molar-refractivity contribution >= 4 is 17.8 Å². The standard InChI is InChI=1S/C26H35N3O6/c27-13-16-34-18-19-35-17-15-29-26(33)23-11-7-21(8-12-23)20-5-9-22(10-6-20)25(32)28-14-3-1-2-4-24(30)31/h5-12H,1-4,13-19,27H2,(H,28,32)(H,29,33)(H,30,31). The maximum Gasteiger partial charge on any atom is 0.303 e. The predicted octanol–water partition coefficient (Wildman–Crippen LogP) is 2.45. The van der Waals surface area contributed by atoms with E-state index in [-0.39, 0.29) is 18.2 Å². The molecule has 0 unspecified atom stereocenters. The molecule has 2 rings (SSSR count). The van der Waals surface area contributed by atoms with Gasteiger partial charge < -0.3 is 30.9 Å². The second-order valence-electron chi connectivity index (χ2n) is 7.88. The smallest absolute Gasteiger partial charge is 0.303 e. The lowest BCUT2D eigenvalue weighted by molar-refractivity contribution is -0.137. The quantitative estimate of drug-likeness (QED) is 0.252. The molecule has 0 aliphatic carbocycles. The van der Waals surface area contributed by atoms with E-state index in [1.807, 2.05) is 24.3 Å². The molecule has 0 aromatic heterocycles. The molecule has 0 spiro atoms. The Labute approximate surface area is 206 Å². The molecule has 2 amide bonds. The molecule has 2 aromatic carbocycles. The Hall–Kier alpha value is -3.27. The number of rotatable bonds is 17. The van der Waals surface area contributed by atoms with Gasteiger partial charge in [-0.1, -0.05) is 30.7 Å². The number of amides is 2. The SMILES string of the molecule is NCCOCCOCCNC(=O)c1ccc(-c2ccc(C(=O)NCCCCCC(=O)O)cc2)cc1. The monoisotopic (exact) mass is 485 g/mol. The van der Waals surface area contributed by atoms with Crippen LogP contribution >= 0.6 is 0 Å². The zero-order valence-electron chi connectivity index (χ0n) is 20.0. The van der Waals surface area contributed by atoms with E-state index in [2.05, 4.69) is 10.6 Å². The van der Waals surface area contributed by atoms with Gasteiger partial charge in [0.2, 0.25) is 0 Å². The molecule has 0 saturated heterocycles. The molecular weight excluding hydrogens is 450 g/mol. The topological polar surface area (TPSA) is 140 Å². The number of carbonyl (C=O) groups excluding carboxylic acids is 2. The van der Waals surface area contributed by atoms with Crippen LogP contribution in [0.4, 0.5) is 0 Å². The van der Waals surface area contributed by atoms with Crippen LogP contribution in [0.15, 0.2) is 48.5 Å². The fourth-order valence-corrected chi connectivity index (χ4v) is 3.25. The molecule has 5 N–H and O–H groups in total. The van der Waals surface area contributed by atoms with Crippen LogP contribution in [0.5, 0.6) is 0 Å². The largest absolute Gasteiger partial charge is 0.481 e. The molecule has 0 aliphatic heterocycles. The number of carbonyl (C=O) groups is 3. The predicted molar refractivity (Wildman–Crippen MR) is 133 cm³/mol. The first-order valence-corrected chi connectivity index (χ1v) is 11.9. The zero-order chi connectivity index (χ0) is 25.3. The number of nitrogens with one attached hydrogen (secondary N) is 2. The third kappa shape index (κ3) is 11.1. The molecular formula is C26H35N3O6. The Morgan fingerprint density at radius 2 is 1.20 bits per heavy atom. The van der Waals surface area contributed by atoms with Gasteiger partial charge in [-0.15, -0.1) is 0 Å². The summed E-state index contributed by atoms with van der Waals surface area (Å²) < 4.78 is 10.6. The summed E-state index contributed by atoms with van der Waals surface area (Å²) in [5.41, 5.74) is 8.32. The van der Waals surface area contributed by atoms with Crippen LogP contribution < -0.4 is 16.4 Å². The van der Waals surface area contributed by atoms with E-state index in [1.54, 1.807) is 24.3 Å². The molecule has 0 atom stereocenters. The highest BCUT2D eigenvalue weighted by atomic mass is 16.5. The Kier molecular flexibility index (Phi) is 13.1. The fourth-order valence-electron chi connectivity index (χ4n) is 3.25. The molecule has 190 valence electrons. The van der Waals surface area contributed by atoms with E-state index < -0.39 is 5.97 Å². The minimum atomic E-state index is -0.797. The van der Waals surface area contributed by atoms with E-state index in [9.17, 15) is 14.4 Å². The van der Waals surface area contributed by atoms with Gasteiger partial charge >= 0.3 is 5.97 Å². The van der Waals surface area contributed by atoms with Crippen molar-refractivity contribution in [3.63, 3.8) is 0 Å². The van der Waals surface area contributed by atoms with Crippen LogP contribution in [0.3, 0.4) is 0 Å². The Balaban J connectivity index is 1.72. The lowest BCUT2D eigenvalue weighted by atomic mass is 10.0. The summed E-state index contributed by atoms with van der Waals surface area (Å²) in [7, 11) is 0. The van der Waals surface area contributed by atoms with Crippen LogP contribution in [-0.2, 0) is 14.3 Å². The Morgan fingerprint density at radius 1 is 0.686 bits per heavy atom. The van der Waals surface area contributed by atoms with Gasteiger partial charge in [0, 0.05) is 37.2 Å². The summed E-state index contributed by atoms with van der Waals surface area (Å²) in [5, 5.41) is 14.3. The molecule has 0 bridgehead atoms. The minimum Gasteiger partial charge on any atom is -0.481 e. The van der Waals surface area contributed by atoms with Gasteiger partial charge in [0.05, 0.1) is 26.4 Å². The Bertz CT molecular complexity index is 916. The third-order valence-electron chi connectivity index (χ3n) is 5.15. The number of carboxylic acid groups (broad SMARTS) is 1. The average Bonchev–Trinajstić information content (AvgIpc) is 2.87. The summed E-state index contributed by atoms with van der Waals surface area (Å²) >= 11 is 0. The van der Waals surface area contributed by atoms with Crippen LogP contribution in [-0.4, -0.2) is 69.0 Å². The first kappa shape index (κ1) is 28.0. The fraction of sp³-hybridized carbons (Fsp3) is 0.423. The first-order chi connectivity index (χ1) is 17.0. The van der Waals surface area contributed by atoms with Crippen molar-refractivity contribution in [2.45, 2.75) is 25.7 Å². The van der Waals surface area contributed by atoms with Crippen molar-refractivity contribution in [3.05, 3.63) is 59.7 Å². The van der Waals surface area contributed by atoms with Crippen LogP contribution in [0.1, 0.15) is 46.4 Å². The lowest BCUT2D eigenvalue weighted by Crippen LogP contribution is -2.27. The number of hydrogen-bond donors (Lipinski definition) is 4. The van der Waals surface area contributed by atoms with Crippen LogP contribution in [0, 0.1) is 0 Å². The van der Waals surface area contributed by atoms with Gasteiger partial charge in [-0.05, 0) is 48.2 Å². The number of benzene rings is 2. The molecule has 9 nitrogen and oxygen atoms in total. The molecule has 9 heteroatoms. The van der Waals surface area contributed by atoms with E-state index >= 15 is 0 Å². The maximum absolute atomic E-state index is 12.3. The van der Waals surface area contributed by atoms with Gasteiger partial charge in [-0.2, -0.15) is 0 Å². The highest BCUT2D eigenvalue weighted by Gasteiger charge is 2.08. The number of carboxylic acids is 1. The van der Waals surface area contributed by atoms with Crippen molar-refractivity contribution in [3.8, 4) is 11.1 Å². The molecule has 0 saturated carbocycles. The van der Waals surface area contributed by atoms with E-state index in [4.69, 9.17) is 20.3 Å². The van der Waals surface area contributed by atoms with Crippen molar-refractivity contribution in [1.29, 1.82) is 0 Å². The first-order valence-electron chi connectivity index (χ1n) is 11.9. The maximum atomic E-state index is 12.3. The van der Waals surface area contributed by atoms with Crippen LogP contribution in [0.25, 0.3) is 11.1 Å². The van der Waals surface area contributed by atoms with Crippen molar-refractivity contribution < 1.29 is 29.0 Å². The third-order valence-corrected chi connectivity index (χ3v) is 5.15. The van der Waals surface area contributed by atoms with Gasteiger partial charge in [0.25, 0.3) is 11.8 Å². The summed E-state index contributed by atoms with van der Waals surface area (Å²) in [6.07, 6.45) is 2.27. The van der Waals surface area contributed by atoms with Gasteiger partial charge in [0.15, 0.2) is 0 Å². The van der Waals surface area contributed by atoms with Gasteiger partial charge in [-0.25, -0.2) is 0 Å². The van der Waals surface area contributed by atoms with Crippen molar-refractivity contribution in [2.75, 3.05) is 46.1 Å². The lowest BCUT2D eigenvalue weighted by Gasteiger charge is -2.08. The average molecular weight is 486 g/mol. The second kappa shape index (κ2) is 16.4. The summed E-state index contributed by atoms with van der Waals surface area (Å²) in [5.74, 6) is -1.13. The molecule has 0 heterocycles.